The average molecular weight is 363 g/mol. The summed E-state index contributed by atoms with van der Waals surface area (Å²) in [6.07, 6.45) is 0.961. The molecule has 0 aliphatic carbocycles. The Hall–Kier alpha value is -1.29. The highest BCUT2D eigenvalue weighted by molar-refractivity contribution is 7.92. The summed E-state index contributed by atoms with van der Waals surface area (Å²) in [5.41, 5.74) is 0. The van der Waals surface area contributed by atoms with Crippen LogP contribution in [-0.2, 0) is 19.9 Å². The monoisotopic (exact) mass is 363 g/mol. The molecule has 0 aliphatic heterocycles. The van der Waals surface area contributed by atoms with Gasteiger partial charge >= 0.3 is 0 Å². The van der Waals surface area contributed by atoms with Crippen molar-refractivity contribution in [3.8, 4) is 0 Å². The van der Waals surface area contributed by atoms with Crippen LogP contribution in [0.2, 0.25) is 0 Å². The van der Waals surface area contributed by atoms with E-state index >= 15 is 0 Å². The zero-order valence-electron chi connectivity index (χ0n) is 11.6. The minimum atomic E-state index is -3.85. The quantitative estimate of drug-likeness (QED) is 0.796. The van der Waals surface area contributed by atoms with Gasteiger partial charge in [-0.05, 0) is 35.7 Å². The molecule has 0 bridgehead atoms. The topological polar surface area (TPSA) is 80.3 Å². The van der Waals surface area contributed by atoms with E-state index in [1.54, 1.807) is 17.5 Å². The highest BCUT2D eigenvalue weighted by atomic mass is 32.2. The molecule has 2 rings (SSSR count). The Kier molecular flexibility index (Phi) is 5.00. The fraction of sp³-hybridized carbons (Fsp3) is 0.231. The Morgan fingerprint density at radius 2 is 1.77 bits per heavy atom. The van der Waals surface area contributed by atoms with Gasteiger partial charge in [-0.15, -0.1) is 11.3 Å². The number of rotatable bonds is 6. The Bertz CT molecular complexity index is 828. The van der Waals surface area contributed by atoms with Crippen molar-refractivity contribution in [2.24, 2.45) is 0 Å². The van der Waals surface area contributed by atoms with Gasteiger partial charge in [0, 0.05) is 11.4 Å². The van der Waals surface area contributed by atoms with Crippen molar-refractivity contribution >= 4 is 31.2 Å². The van der Waals surface area contributed by atoms with Gasteiger partial charge in [0.2, 0.25) is 10.0 Å². The van der Waals surface area contributed by atoms with E-state index in [0.717, 1.165) is 18.4 Å². The molecule has 22 heavy (non-hydrogen) atoms. The van der Waals surface area contributed by atoms with Crippen LogP contribution in [0.4, 0.5) is 4.39 Å². The van der Waals surface area contributed by atoms with Gasteiger partial charge in [-0.1, -0.05) is 6.07 Å². The zero-order valence-corrected chi connectivity index (χ0v) is 14.0. The van der Waals surface area contributed by atoms with Crippen LogP contribution in [0.25, 0.3) is 0 Å². The number of hydrogen-bond acceptors (Lipinski definition) is 5. The number of halogens is 1. The number of sulfonamides is 1. The van der Waals surface area contributed by atoms with Crippen molar-refractivity contribution in [2.75, 3.05) is 12.8 Å². The number of nitrogens with one attached hydrogen (secondary N) is 1. The van der Waals surface area contributed by atoms with Crippen molar-refractivity contribution < 1.29 is 21.2 Å². The molecule has 1 aromatic heterocycles. The summed E-state index contributed by atoms with van der Waals surface area (Å²) in [7, 11) is -7.38. The first-order valence-electron chi connectivity index (χ1n) is 6.17. The SMILES string of the molecule is CS(=O)(=O)NC[C@H](c1cccs1)S(=O)(=O)c1ccc(F)cc1. The molecular weight excluding hydrogens is 349 g/mol. The van der Waals surface area contributed by atoms with Crippen LogP contribution in [0.3, 0.4) is 0 Å². The number of sulfone groups is 1. The molecule has 0 fully saturated rings. The van der Waals surface area contributed by atoms with Gasteiger partial charge in [-0.3, -0.25) is 0 Å². The van der Waals surface area contributed by atoms with Crippen molar-refractivity contribution in [2.45, 2.75) is 10.1 Å². The molecule has 1 heterocycles. The first kappa shape index (κ1) is 17.1. The molecule has 1 atom stereocenters. The molecule has 0 saturated heterocycles. The van der Waals surface area contributed by atoms with E-state index in [1.807, 2.05) is 0 Å². The predicted octanol–water partition coefficient (Wildman–Crippen LogP) is 1.95. The number of benzene rings is 1. The molecule has 0 saturated carbocycles. The third kappa shape index (κ3) is 4.13. The van der Waals surface area contributed by atoms with E-state index in [1.165, 1.54) is 23.5 Å². The third-order valence-electron chi connectivity index (χ3n) is 2.91. The lowest BCUT2D eigenvalue weighted by molar-refractivity contribution is 0.572. The van der Waals surface area contributed by atoms with E-state index in [4.69, 9.17) is 0 Å². The Balaban J connectivity index is 2.41. The standard InChI is InChI=1S/C13H14FNO4S3/c1-21(16,17)15-9-13(12-3-2-8-20-12)22(18,19)11-6-4-10(14)5-7-11/h2-8,13,15H,9H2,1H3/t13-/m1/s1. The molecular formula is C13H14FNO4S3. The number of thiophene rings is 1. The molecule has 0 amide bonds. The molecule has 0 radical (unpaired) electrons. The summed E-state index contributed by atoms with van der Waals surface area (Å²) in [6, 6.07) is 7.77. The minimum Gasteiger partial charge on any atom is -0.223 e. The van der Waals surface area contributed by atoms with Gasteiger partial charge in [-0.2, -0.15) is 0 Å². The highest BCUT2D eigenvalue weighted by Crippen LogP contribution is 2.31. The maximum absolute atomic E-state index is 13.0. The highest BCUT2D eigenvalue weighted by Gasteiger charge is 2.30. The molecule has 1 aromatic carbocycles. The maximum Gasteiger partial charge on any atom is 0.208 e. The van der Waals surface area contributed by atoms with Crippen LogP contribution in [0, 0.1) is 5.82 Å². The van der Waals surface area contributed by atoms with Crippen molar-refractivity contribution in [3.05, 3.63) is 52.5 Å². The minimum absolute atomic E-state index is 0.0531. The van der Waals surface area contributed by atoms with Gasteiger partial charge in [0.05, 0.1) is 11.2 Å². The summed E-state index contributed by atoms with van der Waals surface area (Å²) >= 11 is 1.22. The summed E-state index contributed by atoms with van der Waals surface area (Å²) in [6.45, 7) is -0.279. The van der Waals surface area contributed by atoms with E-state index in [0.29, 0.717) is 4.88 Å². The average Bonchev–Trinajstić information content (AvgIpc) is 2.91. The van der Waals surface area contributed by atoms with Crippen LogP contribution in [0.15, 0.2) is 46.7 Å². The molecule has 5 nitrogen and oxygen atoms in total. The van der Waals surface area contributed by atoms with Gasteiger partial charge in [-0.25, -0.2) is 25.9 Å². The van der Waals surface area contributed by atoms with E-state index in [2.05, 4.69) is 4.72 Å². The van der Waals surface area contributed by atoms with E-state index in [-0.39, 0.29) is 11.4 Å². The Labute approximate surface area is 132 Å². The normalized spacial score (nSPS) is 13.9. The van der Waals surface area contributed by atoms with Crippen molar-refractivity contribution in [1.29, 1.82) is 0 Å². The van der Waals surface area contributed by atoms with Crippen LogP contribution in [-0.4, -0.2) is 29.6 Å². The summed E-state index contributed by atoms with van der Waals surface area (Å²) in [5.74, 6) is -0.541. The van der Waals surface area contributed by atoms with Crippen LogP contribution < -0.4 is 4.72 Å². The molecule has 9 heteroatoms. The Morgan fingerprint density at radius 3 is 2.27 bits per heavy atom. The second kappa shape index (κ2) is 6.45. The smallest absolute Gasteiger partial charge is 0.208 e. The van der Waals surface area contributed by atoms with Crippen LogP contribution in [0.5, 0.6) is 0 Å². The fourth-order valence-electron chi connectivity index (χ4n) is 1.85. The van der Waals surface area contributed by atoms with E-state index < -0.39 is 30.9 Å². The fourth-order valence-corrected chi connectivity index (χ4v) is 5.21. The largest absolute Gasteiger partial charge is 0.223 e. The molecule has 0 unspecified atom stereocenters. The maximum atomic E-state index is 13.0. The molecule has 0 spiro atoms. The van der Waals surface area contributed by atoms with Crippen molar-refractivity contribution in [3.63, 3.8) is 0 Å². The predicted molar refractivity (Wildman–Crippen MR) is 83.5 cm³/mol. The second-order valence-electron chi connectivity index (χ2n) is 4.62. The Morgan fingerprint density at radius 1 is 1.14 bits per heavy atom. The van der Waals surface area contributed by atoms with Gasteiger partial charge < -0.3 is 0 Å². The van der Waals surface area contributed by atoms with Gasteiger partial charge in [0.1, 0.15) is 11.1 Å². The molecule has 0 aliphatic rings. The van der Waals surface area contributed by atoms with Gasteiger partial charge in [0.15, 0.2) is 9.84 Å². The zero-order chi connectivity index (χ0) is 16.4. The molecule has 120 valence electrons. The van der Waals surface area contributed by atoms with Crippen LogP contribution >= 0.6 is 11.3 Å². The summed E-state index contributed by atoms with van der Waals surface area (Å²) in [5, 5.41) is 0.649. The van der Waals surface area contributed by atoms with E-state index in [9.17, 15) is 21.2 Å². The number of hydrogen-bond donors (Lipinski definition) is 1. The molecule has 1 N–H and O–H groups in total. The van der Waals surface area contributed by atoms with Gasteiger partial charge in [0.25, 0.3) is 0 Å². The summed E-state index contributed by atoms with van der Waals surface area (Å²) < 4.78 is 63.1. The lowest BCUT2D eigenvalue weighted by Gasteiger charge is -2.16. The second-order valence-corrected chi connectivity index (χ2v) is 9.57. The molecule has 2 aromatic rings. The first-order valence-corrected chi connectivity index (χ1v) is 10.5. The lowest BCUT2D eigenvalue weighted by atomic mass is 10.3. The lowest BCUT2D eigenvalue weighted by Crippen LogP contribution is -2.30. The third-order valence-corrected chi connectivity index (χ3v) is 6.83. The van der Waals surface area contributed by atoms with Crippen LogP contribution in [0.1, 0.15) is 10.1 Å². The van der Waals surface area contributed by atoms with Crippen molar-refractivity contribution in [1.82, 2.24) is 4.72 Å². The first-order chi connectivity index (χ1) is 10.2. The summed E-state index contributed by atoms with van der Waals surface area (Å²) in [4.78, 5) is 0.461.